The summed E-state index contributed by atoms with van der Waals surface area (Å²) in [5, 5.41) is 8.72. The number of nitriles is 1. The first kappa shape index (κ1) is 14.8. The molecule has 0 fully saturated rings. The number of nitrogens with one attached hydrogen (secondary N) is 1. The van der Waals surface area contributed by atoms with Gasteiger partial charge in [-0.05, 0) is 37.6 Å². The van der Waals surface area contributed by atoms with E-state index in [4.69, 9.17) is 9.68 Å². The van der Waals surface area contributed by atoms with E-state index >= 15 is 0 Å². The van der Waals surface area contributed by atoms with Gasteiger partial charge in [0.2, 0.25) is 10.0 Å². The van der Waals surface area contributed by atoms with Gasteiger partial charge in [0.25, 0.3) is 0 Å². The van der Waals surface area contributed by atoms with Crippen molar-refractivity contribution in [3.8, 4) is 6.07 Å². The molecule has 0 amide bonds. The van der Waals surface area contributed by atoms with Crippen LogP contribution < -0.4 is 4.72 Å². The number of aryl methyl sites for hydroxylation is 1. The summed E-state index contributed by atoms with van der Waals surface area (Å²) in [6, 6.07) is 8.34. The predicted octanol–water partition coefficient (Wildman–Crippen LogP) is 2.51. The molecular weight excluding hydrogens is 296 g/mol. The lowest BCUT2D eigenvalue weighted by Crippen LogP contribution is -2.32. The van der Waals surface area contributed by atoms with Crippen LogP contribution in [0.1, 0.15) is 24.0 Å². The van der Waals surface area contributed by atoms with E-state index in [0.717, 1.165) is 17.1 Å². The van der Waals surface area contributed by atoms with Crippen molar-refractivity contribution in [1.82, 2.24) is 4.72 Å². The zero-order chi connectivity index (χ0) is 14.6. The van der Waals surface area contributed by atoms with Gasteiger partial charge < -0.3 is 4.42 Å². The maximum atomic E-state index is 12.1. The molecule has 2 heterocycles. The van der Waals surface area contributed by atoms with Crippen LogP contribution in [-0.4, -0.2) is 14.5 Å². The molecule has 1 atom stereocenters. The highest BCUT2D eigenvalue weighted by Gasteiger charge is 2.19. The molecule has 1 unspecified atom stereocenters. The number of rotatable bonds is 6. The van der Waals surface area contributed by atoms with Gasteiger partial charge in [0.1, 0.15) is 20.9 Å². The van der Waals surface area contributed by atoms with E-state index in [2.05, 4.69) is 4.72 Å². The zero-order valence-electron chi connectivity index (χ0n) is 10.9. The van der Waals surface area contributed by atoms with Crippen molar-refractivity contribution in [3.63, 3.8) is 0 Å². The lowest BCUT2D eigenvalue weighted by atomic mass is 10.2. The molecule has 5 nitrogen and oxygen atoms in total. The minimum atomic E-state index is -3.55. The standard InChI is InChI=1S/C13H14N2O3S2/c1-10(4-5-11-3-2-8-18-11)15-20(16,17)13-7-6-12(9-14)19-13/h2-3,6-8,10,15H,4-5H2,1H3. The first-order valence-electron chi connectivity index (χ1n) is 6.06. The SMILES string of the molecule is CC(CCc1ccco1)NS(=O)(=O)c1ccc(C#N)s1. The Morgan fingerprint density at radius 2 is 2.25 bits per heavy atom. The average molecular weight is 310 g/mol. The largest absolute Gasteiger partial charge is 0.469 e. The lowest BCUT2D eigenvalue weighted by Gasteiger charge is -2.12. The van der Waals surface area contributed by atoms with Gasteiger partial charge in [-0.3, -0.25) is 0 Å². The second kappa shape index (κ2) is 6.22. The summed E-state index contributed by atoms with van der Waals surface area (Å²) < 4.78 is 32.2. The van der Waals surface area contributed by atoms with Crippen molar-refractivity contribution in [2.75, 3.05) is 0 Å². The smallest absolute Gasteiger partial charge is 0.250 e. The quantitative estimate of drug-likeness (QED) is 0.888. The van der Waals surface area contributed by atoms with Crippen LogP contribution in [0.4, 0.5) is 0 Å². The molecule has 0 aromatic carbocycles. The summed E-state index contributed by atoms with van der Waals surface area (Å²) >= 11 is 0.968. The lowest BCUT2D eigenvalue weighted by molar-refractivity contribution is 0.480. The van der Waals surface area contributed by atoms with Crippen LogP contribution in [0.3, 0.4) is 0 Å². The molecule has 0 aliphatic carbocycles. The van der Waals surface area contributed by atoms with Crippen LogP contribution in [0.25, 0.3) is 0 Å². The minimum absolute atomic E-state index is 0.166. The van der Waals surface area contributed by atoms with Gasteiger partial charge in [0, 0.05) is 12.5 Å². The van der Waals surface area contributed by atoms with Gasteiger partial charge in [-0.25, -0.2) is 13.1 Å². The fraction of sp³-hybridized carbons (Fsp3) is 0.308. The molecule has 0 aliphatic rings. The van der Waals surface area contributed by atoms with Crippen LogP contribution in [-0.2, 0) is 16.4 Å². The van der Waals surface area contributed by atoms with E-state index in [1.807, 2.05) is 12.1 Å². The molecule has 106 valence electrons. The van der Waals surface area contributed by atoms with Crippen molar-refractivity contribution < 1.29 is 12.8 Å². The van der Waals surface area contributed by atoms with Crippen molar-refractivity contribution in [2.24, 2.45) is 0 Å². The third kappa shape index (κ3) is 3.70. The van der Waals surface area contributed by atoms with Crippen molar-refractivity contribution in [1.29, 1.82) is 5.26 Å². The molecule has 2 aromatic heterocycles. The molecule has 0 saturated carbocycles. The number of thiophene rings is 1. The Morgan fingerprint density at radius 1 is 1.45 bits per heavy atom. The molecule has 7 heteroatoms. The Morgan fingerprint density at radius 3 is 2.85 bits per heavy atom. The van der Waals surface area contributed by atoms with Crippen molar-refractivity contribution in [3.05, 3.63) is 41.2 Å². The van der Waals surface area contributed by atoms with Gasteiger partial charge in [-0.15, -0.1) is 11.3 Å². The molecule has 0 aliphatic heterocycles. The number of furan rings is 1. The van der Waals surface area contributed by atoms with E-state index in [1.54, 1.807) is 19.3 Å². The first-order chi connectivity index (χ1) is 9.51. The molecule has 0 bridgehead atoms. The highest BCUT2D eigenvalue weighted by molar-refractivity contribution is 7.91. The van der Waals surface area contributed by atoms with Gasteiger partial charge in [-0.2, -0.15) is 5.26 Å². The van der Waals surface area contributed by atoms with Crippen LogP contribution in [0.2, 0.25) is 0 Å². The van der Waals surface area contributed by atoms with E-state index in [0.29, 0.717) is 17.7 Å². The summed E-state index contributed by atoms with van der Waals surface area (Å²) in [5.74, 6) is 0.832. The topological polar surface area (TPSA) is 83.1 Å². The van der Waals surface area contributed by atoms with Crippen LogP contribution in [0.5, 0.6) is 0 Å². The summed E-state index contributed by atoms with van der Waals surface area (Å²) in [6.45, 7) is 1.80. The Labute approximate surface area is 121 Å². The molecule has 20 heavy (non-hydrogen) atoms. The van der Waals surface area contributed by atoms with Crippen LogP contribution in [0.15, 0.2) is 39.2 Å². The van der Waals surface area contributed by atoms with Crippen molar-refractivity contribution >= 4 is 21.4 Å². The average Bonchev–Trinajstić information content (AvgIpc) is 3.07. The predicted molar refractivity (Wildman–Crippen MR) is 75.8 cm³/mol. The number of sulfonamides is 1. The summed E-state index contributed by atoms with van der Waals surface area (Å²) in [7, 11) is -3.55. The Hall–Kier alpha value is -1.62. The third-order valence-corrected chi connectivity index (χ3v) is 5.79. The molecule has 0 saturated heterocycles. The first-order valence-corrected chi connectivity index (χ1v) is 8.36. The monoisotopic (exact) mass is 310 g/mol. The van der Waals surface area contributed by atoms with Crippen molar-refractivity contribution in [2.45, 2.75) is 30.0 Å². The maximum Gasteiger partial charge on any atom is 0.250 e. The zero-order valence-corrected chi connectivity index (χ0v) is 12.5. The Bertz CT molecular complexity index is 696. The Kier molecular flexibility index (Phi) is 4.60. The molecule has 1 N–H and O–H groups in total. The highest BCUT2D eigenvalue weighted by atomic mass is 32.2. The highest BCUT2D eigenvalue weighted by Crippen LogP contribution is 2.21. The van der Waals surface area contributed by atoms with Gasteiger partial charge in [0.15, 0.2) is 0 Å². The van der Waals surface area contributed by atoms with Gasteiger partial charge in [0.05, 0.1) is 6.26 Å². The number of hydrogen-bond acceptors (Lipinski definition) is 5. The van der Waals surface area contributed by atoms with Crippen LogP contribution in [0, 0.1) is 11.3 Å². The third-order valence-electron chi connectivity index (χ3n) is 2.72. The minimum Gasteiger partial charge on any atom is -0.469 e. The molecular formula is C13H14N2O3S2. The van der Waals surface area contributed by atoms with E-state index in [-0.39, 0.29) is 10.3 Å². The van der Waals surface area contributed by atoms with Gasteiger partial charge in [-0.1, -0.05) is 0 Å². The number of nitrogens with zero attached hydrogens (tertiary/aromatic N) is 1. The summed E-state index contributed by atoms with van der Waals surface area (Å²) in [4.78, 5) is 0.383. The molecule has 0 radical (unpaired) electrons. The fourth-order valence-electron chi connectivity index (χ4n) is 1.72. The Balaban J connectivity index is 1.95. The maximum absolute atomic E-state index is 12.1. The summed E-state index contributed by atoms with van der Waals surface area (Å²) in [6.07, 6.45) is 2.91. The molecule has 0 spiro atoms. The van der Waals surface area contributed by atoms with Crippen LogP contribution >= 0.6 is 11.3 Å². The van der Waals surface area contributed by atoms with E-state index < -0.39 is 10.0 Å². The number of hydrogen-bond donors (Lipinski definition) is 1. The van der Waals surface area contributed by atoms with Gasteiger partial charge >= 0.3 is 0 Å². The fourth-order valence-corrected chi connectivity index (χ4v) is 4.12. The second-order valence-electron chi connectivity index (χ2n) is 4.37. The van der Waals surface area contributed by atoms with E-state index in [9.17, 15) is 8.42 Å². The normalized spacial score (nSPS) is 13.0. The summed E-state index contributed by atoms with van der Waals surface area (Å²) in [5.41, 5.74) is 0. The van der Waals surface area contributed by atoms with E-state index in [1.165, 1.54) is 12.1 Å². The second-order valence-corrected chi connectivity index (χ2v) is 7.40. The molecule has 2 aromatic rings. The molecule has 2 rings (SSSR count).